The van der Waals surface area contributed by atoms with E-state index in [-0.39, 0.29) is 11.6 Å². The van der Waals surface area contributed by atoms with Crippen LogP contribution in [0.4, 0.5) is 0 Å². The molecule has 19 heavy (non-hydrogen) atoms. The molecule has 2 aliphatic rings. The number of aliphatic imine (C=N–C) groups is 1. The van der Waals surface area contributed by atoms with Crippen molar-refractivity contribution in [2.75, 3.05) is 13.2 Å². The van der Waals surface area contributed by atoms with Gasteiger partial charge >= 0.3 is 0 Å². The molecule has 4 nitrogen and oxygen atoms in total. The molecule has 0 N–H and O–H groups in total. The Labute approximate surface area is 112 Å². The fourth-order valence-electron chi connectivity index (χ4n) is 2.58. The molecule has 2 fully saturated rings. The molecular formula is C15H17NO3. The highest BCUT2D eigenvalue weighted by atomic mass is 16.5. The molecule has 1 saturated heterocycles. The molecule has 0 spiro atoms. The van der Waals surface area contributed by atoms with Crippen molar-refractivity contribution in [2.24, 2.45) is 4.99 Å². The van der Waals surface area contributed by atoms with Crippen LogP contribution in [0.15, 0.2) is 29.3 Å². The number of rotatable bonds is 4. The van der Waals surface area contributed by atoms with Gasteiger partial charge in [-0.05, 0) is 31.7 Å². The van der Waals surface area contributed by atoms with Crippen LogP contribution < -0.4 is 4.74 Å². The Balaban J connectivity index is 1.83. The van der Waals surface area contributed by atoms with Crippen LogP contribution in [0.5, 0.6) is 5.75 Å². The summed E-state index contributed by atoms with van der Waals surface area (Å²) in [5, 5.41) is 0. The van der Waals surface area contributed by atoms with Gasteiger partial charge in [-0.2, -0.15) is 4.99 Å². The molecule has 0 radical (unpaired) electrons. The summed E-state index contributed by atoms with van der Waals surface area (Å²) >= 11 is 0. The summed E-state index contributed by atoms with van der Waals surface area (Å²) in [7, 11) is 0. The van der Waals surface area contributed by atoms with Crippen LogP contribution in [0.2, 0.25) is 0 Å². The van der Waals surface area contributed by atoms with E-state index in [2.05, 4.69) is 4.99 Å². The number of nitrogens with zero attached hydrogens (tertiary/aromatic N) is 1. The van der Waals surface area contributed by atoms with Crippen molar-refractivity contribution in [3.8, 4) is 5.75 Å². The first-order valence-corrected chi connectivity index (χ1v) is 6.77. The summed E-state index contributed by atoms with van der Waals surface area (Å²) in [5.41, 5.74) is 0.623. The second-order valence-corrected chi connectivity index (χ2v) is 5.19. The van der Waals surface area contributed by atoms with Crippen LogP contribution in [0.3, 0.4) is 0 Å². The van der Waals surface area contributed by atoms with Crippen molar-refractivity contribution in [1.29, 1.82) is 0 Å². The van der Waals surface area contributed by atoms with Gasteiger partial charge in [0.05, 0.1) is 6.61 Å². The minimum absolute atomic E-state index is 0.103. The zero-order valence-corrected chi connectivity index (χ0v) is 10.8. The van der Waals surface area contributed by atoms with Gasteiger partial charge in [-0.15, -0.1) is 0 Å². The first kappa shape index (κ1) is 12.4. The lowest BCUT2D eigenvalue weighted by atomic mass is 10.0. The van der Waals surface area contributed by atoms with Crippen LogP contribution in [-0.2, 0) is 15.1 Å². The molecule has 1 unspecified atom stereocenters. The fraction of sp³-hybridized carbons (Fsp3) is 0.533. The second-order valence-electron chi connectivity index (χ2n) is 5.19. The van der Waals surface area contributed by atoms with Crippen molar-refractivity contribution in [3.63, 3.8) is 0 Å². The molecule has 0 bridgehead atoms. The first-order valence-electron chi connectivity index (χ1n) is 6.77. The van der Waals surface area contributed by atoms with E-state index in [4.69, 9.17) is 9.47 Å². The van der Waals surface area contributed by atoms with Crippen molar-refractivity contribution < 1.29 is 14.3 Å². The maximum Gasteiger partial charge on any atom is 0.235 e. The van der Waals surface area contributed by atoms with E-state index in [1.807, 2.05) is 24.3 Å². The molecule has 1 aromatic rings. The van der Waals surface area contributed by atoms with Gasteiger partial charge in [-0.25, -0.2) is 4.79 Å². The monoisotopic (exact) mass is 259 g/mol. The van der Waals surface area contributed by atoms with Crippen LogP contribution in [0, 0.1) is 0 Å². The maximum atomic E-state index is 10.6. The van der Waals surface area contributed by atoms with E-state index < -0.39 is 0 Å². The number of benzene rings is 1. The Bertz CT molecular complexity index is 498. The van der Waals surface area contributed by atoms with E-state index in [0.29, 0.717) is 6.61 Å². The largest absolute Gasteiger partial charge is 0.488 e. The molecule has 3 rings (SSSR count). The average molecular weight is 259 g/mol. The first-order chi connectivity index (χ1) is 9.34. The number of para-hydroxylation sites is 1. The Hall–Kier alpha value is -1.64. The smallest absolute Gasteiger partial charge is 0.235 e. The summed E-state index contributed by atoms with van der Waals surface area (Å²) in [6.45, 7) is 1.46. The second kappa shape index (κ2) is 5.16. The number of hydrogen-bond donors (Lipinski definition) is 0. The van der Waals surface area contributed by atoms with E-state index >= 15 is 0 Å². The zero-order valence-electron chi connectivity index (χ0n) is 10.8. The fourth-order valence-corrected chi connectivity index (χ4v) is 2.58. The summed E-state index contributed by atoms with van der Waals surface area (Å²) < 4.78 is 11.5. The van der Waals surface area contributed by atoms with Gasteiger partial charge < -0.3 is 9.47 Å². The third-order valence-electron chi connectivity index (χ3n) is 3.78. The van der Waals surface area contributed by atoms with Crippen molar-refractivity contribution >= 4 is 6.08 Å². The minimum Gasteiger partial charge on any atom is -0.488 e. The number of carbonyl (C=O) groups excluding carboxylic acids is 1. The van der Waals surface area contributed by atoms with E-state index in [0.717, 1.165) is 43.6 Å². The van der Waals surface area contributed by atoms with Gasteiger partial charge in [0.15, 0.2) is 0 Å². The molecular weight excluding hydrogens is 242 g/mol. The highest BCUT2D eigenvalue weighted by molar-refractivity contribution is 5.47. The van der Waals surface area contributed by atoms with Crippen LogP contribution in [0.1, 0.15) is 31.2 Å². The van der Waals surface area contributed by atoms with Crippen LogP contribution in [0.25, 0.3) is 0 Å². The quantitative estimate of drug-likeness (QED) is 0.616. The van der Waals surface area contributed by atoms with Gasteiger partial charge in [-0.1, -0.05) is 18.2 Å². The van der Waals surface area contributed by atoms with Crippen LogP contribution >= 0.6 is 0 Å². The predicted molar refractivity (Wildman–Crippen MR) is 69.9 cm³/mol. The normalized spacial score (nSPS) is 24.3. The van der Waals surface area contributed by atoms with Gasteiger partial charge in [0.2, 0.25) is 6.08 Å². The van der Waals surface area contributed by atoms with Gasteiger partial charge in [0.25, 0.3) is 0 Å². The molecule has 4 heteroatoms. The number of ether oxygens (including phenoxy) is 2. The SMILES string of the molecule is O=C=NC1(c2ccccc2OC2CCCOC2)CC1. The van der Waals surface area contributed by atoms with Gasteiger partial charge in [0, 0.05) is 12.2 Å². The van der Waals surface area contributed by atoms with E-state index in [9.17, 15) is 4.79 Å². The Morgan fingerprint density at radius 3 is 2.89 bits per heavy atom. The summed E-state index contributed by atoms with van der Waals surface area (Å²) in [4.78, 5) is 14.6. The molecule has 1 aliphatic heterocycles. The number of isocyanates is 1. The highest BCUT2D eigenvalue weighted by Crippen LogP contribution is 2.52. The topological polar surface area (TPSA) is 47.9 Å². The summed E-state index contributed by atoms with van der Waals surface area (Å²) in [6.07, 6.45) is 5.63. The average Bonchev–Trinajstić information content (AvgIpc) is 3.22. The van der Waals surface area contributed by atoms with E-state index in [1.54, 1.807) is 6.08 Å². The Kier molecular flexibility index (Phi) is 3.36. The van der Waals surface area contributed by atoms with E-state index in [1.165, 1.54) is 0 Å². The maximum absolute atomic E-state index is 10.6. The minimum atomic E-state index is -0.381. The molecule has 0 amide bonds. The van der Waals surface area contributed by atoms with Crippen molar-refractivity contribution in [2.45, 2.75) is 37.3 Å². The molecule has 1 heterocycles. The third-order valence-corrected chi connectivity index (χ3v) is 3.78. The molecule has 1 aliphatic carbocycles. The summed E-state index contributed by atoms with van der Waals surface area (Å²) in [5.74, 6) is 0.828. The molecule has 1 aromatic carbocycles. The van der Waals surface area contributed by atoms with Crippen LogP contribution in [-0.4, -0.2) is 25.4 Å². The standard InChI is InChI=1S/C15H17NO3/c17-11-16-15(7-8-15)13-5-1-2-6-14(13)19-12-4-3-9-18-10-12/h1-2,5-6,12H,3-4,7-10H2. The molecule has 0 aromatic heterocycles. The predicted octanol–water partition coefficient (Wildman–Crippen LogP) is 2.57. The highest BCUT2D eigenvalue weighted by Gasteiger charge is 2.46. The Morgan fingerprint density at radius 1 is 1.37 bits per heavy atom. The third kappa shape index (κ3) is 2.55. The molecule has 1 atom stereocenters. The van der Waals surface area contributed by atoms with Crippen molar-refractivity contribution in [1.82, 2.24) is 0 Å². The molecule has 100 valence electrons. The lowest BCUT2D eigenvalue weighted by Gasteiger charge is -2.25. The van der Waals surface area contributed by atoms with Gasteiger partial charge in [-0.3, -0.25) is 0 Å². The van der Waals surface area contributed by atoms with Crippen molar-refractivity contribution in [3.05, 3.63) is 29.8 Å². The lowest BCUT2D eigenvalue weighted by Crippen LogP contribution is -2.28. The molecule has 1 saturated carbocycles. The Morgan fingerprint density at radius 2 is 2.21 bits per heavy atom. The lowest BCUT2D eigenvalue weighted by molar-refractivity contribution is 0.00685. The zero-order chi connectivity index (χ0) is 13.1. The number of hydrogen-bond acceptors (Lipinski definition) is 4. The van der Waals surface area contributed by atoms with Gasteiger partial charge in [0.1, 0.15) is 17.4 Å². The summed E-state index contributed by atoms with van der Waals surface area (Å²) in [6, 6.07) is 7.85.